The Bertz CT molecular complexity index is 1090. The predicted octanol–water partition coefficient (Wildman–Crippen LogP) is 2.83. The Balaban J connectivity index is 1.08. The maximum atomic E-state index is 10.6. The standard InChI is InChI=1S/C33H51NO7/c1-16-11-25-27(34-14-16)18(3)33(41-25)10-8-21-22-6-5-19-12-20(7-9-32(19,4)24(22)13-23(21)17(33)2)39-30-29(37)28(36)26(15-35)40-31(30)38/h5,16,18,20-22,24-31,34-38H,6-15H2,1-4H3/t16-,18+,20-,21-,22-,24-,25+,26+,27-,28+,29-,30+,31+,32-,33-/m0/s1. The Hall–Kier alpha value is -0.840. The van der Waals surface area contributed by atoms with Crippen molar-refractivity contribution >= 4 is 0 Å². The van der Waals surface area contributed by atoms with Crippen LogP contribution in [0.2, 0.25) is 0 Å². The van der Waals surface area contributed by atoms with Crippen molar-refractivity contribution in [3.63, 3.8) is 0 Å². The van der Waals surface area contributed by atoms with E-state index >= 15 is 0 Å². The Morgan fingerprint density at radius 1 is 1.10 bits per heavy atom. The van der Waals surface area contributed by atoms with E-state index in [-0.39, 0.29) is 17.1 Å². The largest absolute Gasteiger partial charge is 0.394 e. The number of fused-ring (bicyclic) bond motifs is 6. The lowest BCUT2D eigenvalue weighted by atomic mass is 9.56. The highest BCUT2D eigenvalue weighted by molar-refractivity contribution is 5.38. The van der Waals surface area contributed by atoms with Gasteiger partial charge in [-0.15, -0.1) is 0 Å². The van der Waals surface area contributed by atoms with Gasteiger partial charge in [0.05, 0.1) is 24.4 Å². The maximum Gasteiger partial charge on any atom is 0.184 e. The summed E-state index contributed by atoms with van der Waals surface area (Å²) >= 11 is 0. The first kappa shape index (κ1) is 28.9. The quantitative estimate of drug-likeness (QED) is 0.327. The summed E-state index contributed by atoms with van der Waals surface area (Å²) in [5.41, 5.74) is 4.69. The van der Waals surface area contributed by atoms with Gasteiger partial charge in [-0.3, -0.25) is 0 Å². The molecule has 0 aromatic heterocycles. The molecule has 8 nitrogen and oxygen atoms in total. The molecule has 0 radical (unpaired) electrons. The average Bonchev–Trinajstić information content (AvgIpc) is 3.47. The SMILES string of the molecule is CC1=C2C[C@H]3[C@@H](CC=C4C[C@@H](O[C@@H]5[C@@H](O)[C@H](O)[C@@H](CO)O[C@H]5O)CC[C@@]43C)[C@@H]2CC[C@]12O[C@@H]1C[C@H](C)CN[C@H]1[C@H]2C. The number of ether oxygens (including phenoxy) is 3. The first-order valence-electron chi connectivity index (χ1n) is 16.3. The summed E-state index contributed by atoms with van der Waals surface area (Å²) in [4.78, 5) is 0. The van der Waals surface area contributed by atoms with E-state index in [9.17, 15) is 20.4 Å². The van der Waals surface area contributed by atoms with Crippen LogP contribution < -0.4 is 5.32 Å². The van der Waals surface area contributed by atoms with E-state index in [1.807, 2.05) is 0 Å². The fraction of sp³-hybridized carbons (Fsp3) is 0.879. The van der Waals surface area contributed by atoms with Gasteiger partial charge in [-0.2, -0.15) is 0 Å². The molecule has 2 saturated carbocycles. The highest BCUT2D eigenvalue weighted by Gasteiger charge is 2.60. The van der Waals surface area contributed by atoms with E-state index < -0.39 is 37.3 Å². The lowest BCUT2D eigenvalue weighted by Crippen LogP contribution is -2.60. The van der Waals surface area contributed by atoms with Crippen molar-refractivity contribution in [3.8, 4) is 0 Å². The van der Waals surface area contributed by atoms with Gasteiger partial charge in [0, 0.05) is 12.0 Å². The van der Waals surface area contributed by atoms with Gasteiger partial charge in [0.15, 0.2) is 6.29 Å². The summed E-state index contributed by atoms with van der Waals surface area (Å²) in [6, 6.07) is 0.463. The third-order valence-corrected chi connectivity index (χ3v) is 13.1. The van der Waals surface area contributed by atoms with Crippen molar-refractivity contribution < 1.29 is 34.6 Å². The highest BCUT2D eigenvalue weighted by atomic mass is 16.7. The maximum absolute atomic E-state index is 10.6. The van der Waals surface area contributed by atoms with Crippen LogP contribution in [-0.4, -0.2) is 88.1 Å². The second-order valence-electron chi connectivity index (χ2n) is 15.0. The molecule has 41 heavy (non-hydrogen) atoms. The smallest absolute Gasteiger partial charge is 0.184 e. The van der Waals surface area contributed by atoms with Gasteiger partial charge in [-0.05, 0) is 99.5 Å². The van der Waals surface area contributed by atoms with E-state index in [1.165, 1.54) is 18.4 Å². The molecular formula is C33H51NO7. The van der Waals surface area contributed by atoms with Gasteiger partial charge >= 0.3 is 0 Å². The normalized spacial score (nSPS) is 54.8. The molecule has 0 amide bonds. The Morgan fingerprint density at radius 3 is 2.68 bits per heavy atom. The predicted molar refractivity (Wildman–Crippen MR) is 153 cm³/mol. The first-order valence-corrected chi connectivity index (χ1v) is 16.3. The molecule has 7 rings (SSSR count). The van der Waals surface area contributed by atoms with Crippen LogP contribution >= 0.6 is 0 Å². The molecule has 0 bridgehead atoms. The molecule has 8 heteroatoms. The molecule has 5 N–H and O–H groups in total. The lowest BCUT2D eigenvalue weighted by molar-refractivity contribution is -0.304. The van der Waals surface area contributed by atoms with Gasteiger partial charge < -0.3 is 40.0 Å². The molecular weight excluding hydrogens is 522 g/mol. The summed E-state index contributed by atoms with van der Waals surface area (Å²) in [5, 5.41) is 44.6. The number of aliphatic hydroxyl groups excluding tert-OH is 4. The number of hydrogen-bond acceptors (Lipinski definition) is 8. The number of hydrogen-bond donors (Lipinski definition) is 5. The zero-order chi connectivity index (χ0) is 28.8. The molecule has 0 unspecified atom stereocenters. The van der Waals surface area contributed by atoms with Gasteiger partial charge in [0.2, 0.25) is 0 Å². The van der Waals surface area contributed by atoms with Crippen molar-refractivity contribution in [2.24, 2.45) is 35.0 Å². The van der Waals surface area contributed by atoms with Crippen LogP contribution in [0.4, 0.5) is 0 Å². The molecule has 230 valence electrons. The van der Waals surface area contributed by atoms with Crippen LogP contribution in [0.5, 0.6) is 0 Å². The summed E-state index contributed by atoms with van der Waals surface area (Å²) in [7, 11) is 0. The summed E-state index contributed by atoms with van der Waals surface area (Å²) < 4.78 is 18.6. The Morgan fingerprint density at radius 2 is 1.90 bits per heavy atom. The zero-order valence-corrected chi connectivity index (χ0v) is 25.2. The molecule has 0 aromatic carbocycles. The monoisotopic (exact) mass is 573 g/mol. The van der Waals surface area contributed by atoms with Crippen LogP contribution in [-0.2, 0) is 14.2 Å². The minimum absolute atomic E-state index is 0.113. The van der Waals surface area contributed by atoms with Crippen LogP contribution in [0.15, 0.2) is 22.8 Å². The lowest BCUT2D eigenvalue weighted by Gasteiger charge is -2.50. The fourth-order valence-corrected chi connectivity index (χ4v) is 10.6. The fourth-order valence-electron chi connectivity index (χ4n) is 10.6. The average molecular weight is 574 g/mol. The number of nitrogens with one attached hydrogen (secondary N) is 1. The first-order chi connectivity index (χ1) is 19.6. The van der Waals surface area contributed by atoms with E-state index in [0.29, 0.717) is 41.7 Å². The molecule has 0 aromatic rings. The Kier molecular flexibility index (Phi) is 7.31. The Labute approximate surface area is 244 Å². The van der Waals surface area contributed by atoms with E-state index in [0.717, 1.165) is 45.1 Å². The van der Waals surface area contributed by atoms with Crippen molar-refractivity contribution in [3.05, 3.63) is 22.8 Å². The summed E-state index contributed by atoms with van der Waals surface area (Å²) in [5.74, 6) is 3.12. The van der Waals surface area contributed by atoms with Gasteiger partial charge in [0.1, 0.15) is 24.4 Å². The topological polar surface area (TPSA) is 121 Å². The van der Waals surface area contributed by atoms with Crippen molar-refractivity contribution in [2.75, 3.05) is 13.2 Å². The van der Waals surface area contributed by atoms with E-state index in [4.69, 9.17) is 14.2 Å². The van der Waals surface area contributed by atoms with Crippen molar-refractivity contribution in [1.29, 1.82) is 0 Å². The van der Waals surface area contributed by atoms with E-state index in [1.54, 1.807) is 11.1 Å². The van der Waals surface area contributed by atoms with Crippen molar-refractivity contribution in [2.45, 2.75) is 134 Å². The summed E-state index contributed by atoms with van der Waals surface area (Å²) in [6.07, 6.45) is 5.04. The molecule has 15 atom stereocenters. The van der Waals surface area contributed by atoms with Crippen molar-refractivity contribution in [1.82, 2.24) is 5.32 Å². The molecule has 3 aliphatic heterocycles. The van der Waals surface area contributed by atoms with Crippen LogP contribution in [0.25, 0.3) is 0 Å². The van der Waals surface area contributed by atoms with Crippen LogP contribution in [0.1, 0.15) is 79.1 Å². The third-order valence-electron chi connectivity index (χ3n) is 13.1. The molecule has 5 fully saturated rings. The number of aliphatic hydroxyl groups is 4. The number of rotatable bonds is 3. The molecule has 7 aliphatic rings. The second-order valence-corrected chi connectivity index (χ2v) is 15.0. The van der Waals surface area contributed by atoms with E-state index in [2.05, 4.69) is 39.1 Å². The van der Waals surface area contributed by atoms with Crippen LogP contribution in [0.3, 0.4) is 0 Å². The minimum atomic E-state index is -1.38. The summed E-state index contributed by atoms with van der Waals surface area (Å²) in [6.45, 7) is 10.2. The van der Waals surface area contributed by atoms with Gasteiger partial charge in [0.25, 0.3) is 0 Å². The molecule has 3 saturated heterocycles. The number of piperidine rings is 1. The molecule has 3 heterocycles. The number of allylic oxidation sites excluding steroid dienone is 2. The molecule has 1 spiro atoms. The zero-order valence-electron chi connectivity index (χ0n) is 25.2. The third kappa shape index (κ3) is 4.30. The van der Waals surface area contributed by atoms with Gasteiger partial charge in [-0.1, -0.05) is 38.0 Å². The second kappa shape index (κ2) is 10.4. The molecule has 4 aliphatic carbocycles. The van der Waals surface area contributed by atoms with Gasteiger partial charge in [-0.25, -0.2) is 0 Å². The van der Waals surface area contributed by atoms with Crippen LogP contribution in [0, 0.1) is 35.0 Å². The highest BCUT2D eigenvalue weighted by Crippen LogP contribution is 2.65. The minimum Gasteiger partial charge on any atom is -0.394 e.